The normalized spacial score (nSPS) is 18.0. The Labute approximate surface area is 155 Å². The minimum absolute atomic E-state index is 0.0792. The van der Waals surface area contributed by atoms with Crippen LogP contribution in [0.15, 0.2) is 23.1 Å². The summed E-state index contributed by atoms with van der Waals surface area (Å²) in [6.45, 7) is 1.12. The van der Waals surface area contributed by atoms with E-state index in [0.29, 0.717) is 19.6 Å². The Morgan fingerprint density at radius 1 is 1.27 bits per heavy atom. The number of nitrogens with zero attached hydrogens (tertiary/aromatic N) is 1. The van der Waals surface area contributed by atoms with Gasteiger partial charge in [-0.05, 0) is 43.0 Å². The molecule has 8 heteroatoms. The van der Waals surface area contributed by atoms with Crippen molar-refractivity contribution in [2.45, 2.75) is 49.5 Å². The van der Waals surface area contributed by atoms with Crippen LogP contribution in [-0.2, 0) is 21.2 Å². The van der Waals surface area contributed by atoms with E-state index in [-0.39, 0.29) is 23.5 Å². The molecule has 2 aliphatic rings. The molecule has 1 aromatic carbocycles. The number of urea groups is 1. The average molecular weight is 381 g/mol. The molecule has 0 unspecified atom stereocenters. The molecule has 144 valence electrons. The fourth-order valence-electron chi connectivity index (χ4n) is 3.62. The summed E-state index contributed by atoms with van der Waals surface area (Å²) in [6.07, 6.45) is 6.31. The molecule has 1 fully saturated rings. The average Bonchev–Trinajstić information content (AvgIpc) is 3.06. The quantitative estimate of drug-likeness (QED) is 0.738. The third-order valence-corrected chi connectivity index (χ3v) is 6.49. The van der Waals surface area contributed by atoms with E-state index in [0.717, 1.165) is 24.1 Å². The van der Waals surface area contributed by atoms with Crippen molar-refractivity contribution >= 4 is 21.7 Å². The summed E-state index contributed by atoms with van der Waals surface area (Å²) in [5, 5.41) is 3.12. The molecule has 0 spiro atoms. The number of benzene rings is 1. The van der Waals surface area contributed by atoms with Crippen molar-refractivity contribution in [2.24, 2.45) is 0 Å². The number of hydrogen-bond donors (Lipinski definition) is 2. The number of ether oxygens (including phenoxy) is 1. The minimum atomic E-state index is -3.56. The van der Waals surface area contributed by atoms with E-state index in [2.05, 4.69) is 10.0 Å². The van der Waals surface area contributed by atoms with Crippen molar-refractivity contribution in [2.75, 3.05) is 31.7 Å². The maximum Gasteiger partial charge on any atom is 0.322 e. The molecular formula is C18H27N3O4S. The van der Waals surface area contributed by atoms with Crippen LogP contribution in [-0.4, -0.2) is 47.3 Å². The van der Waals surface area contributed by atoms with Crippen LogP contribution in [0.4, 0.5) is 10.5 Å². The van der Waals surface area contributed by atoms with Gasteiger partial charge in [0.25, 0.3) is 0 Å². The number of hydrogen-bond acceptors (Lipinski definition) is 4. The van der Waals surface area contributed by atoms with E-state index >= 15 is 0 Å². The van der Waals surface area contributed by atoms with E-state index < -0.39 is 10.0 Å². The summed E-state index contributed by atoms with van der Waals surface area (Å²) in [5.41, 5.74) is 1.69. The van der Waals surface area contributed by atoms with Crippen LogP contribution >= 0.6 is 0 Å². The standard InChI is InChI=1S/C18H27N3O4S/c1-25-12-10-19-26(23,24)16-7-8-17-14(13-16)9-11-21(17)18(22)20-15-5-3-2-4-6-15/h7-8,13,15,19H,2-6,9-12H2,1H3,(H,20,22). The first-order chi connectivity index (χ1) is 12.5. The second kappa shape index (κ2) is 8.37. The topological polar surface area (TPSA) is 87.7 Å². The molecule has 7 nitrogen and oxygen atoms in total. The van der Waals surface area contributed by atoms with Gasteiger partial charge >= 0.3 is 6.03 Å². The summed E-state index contributed by atoms with van der Waals surface area (Å²) in [6, 6.07) is 5.13. The molecule has 0 saturated heterocycles. The molecule has 0 atom stereocenters. The fourth-order valence-corrected chi connectivity index (χ4v) is 4.68. The van der Waals surface area contributed by atoms with E-state index in [1.807, 2.05) is 0 Å². The Hall–Kier alpha value is -1.64. The molecule has 0 radical (unpaired) electrons. The first-order valence-corrected chi connectivity index (χ1v) is 10.7. The highest BCUT2D eigenvalue weighted by Gasteiger charge is 2.28. The number of methoxy groups -OCH3 is 1. The van der Waals surface area contributed by atoms with Gasteiger partial charge in [0.05, 0.1) is 11.5 Å². The molecule has 1 aromatic rings. The SMILES string of the molecule is COCCNS(=O)(=O)c1ccc2c(c1)CCN2C(=O)NC1CCCCC1. The highest BCUT2D eigenvalue weighted by atomic mass is 32.2. The lowest BCUT2D eigenvalue weighted by Crippen LogP contribution is -2.45. The Balaban J connectivity index is 1.68. The number of sulfonamides is 1. The van der Waals surface area contributed by atoms with E-state index in [4.69, 9.17) is 4.74 Å². The van der Waals surface area contributed by atoms with Gasteiger partial charge in [-0.3, -0.25) is 4.90 Å². The van der Waals surface area contributed by atoms with Crippen LogP contribution in [0, 0.1) is 0 Å². The lowest BCUT2D eigenvalue weighted by Gasteiger charge is -2.26. The third kappa shape index (κ3) is 4.36. The van der Waals surface area contributed by atoms with E-state index in [9.17, 15) is 13.2 Å². The van der Waals surface area contributed by atoms with Crippen molar-refractivity contribution in [3.63, 3.8) is 0 Å². The maximum absolute atomic E-state index is 12.6. The van der Waals surface area contributed by atoms with Crippen LogP contribution in [0.5, 0.6) is 0 Å². The third-order valence-electron chi connectivity index (χ3n) is 5.03. The molecule has 1 aliphatic heterocycles. The smallest absolute Gasteiger partial charge is 0.322 e. The largest absolute Gasteiger partial charge is 0.383 e. The molecule has 1 saturated carbocycles. The summed E-state index contributed by atoms with van der Waals surface area (Å²) in [7, 11) is -2.04. The summed E-state index contributed by atoms with van der Waals surface area (Å²) < 4.78 is 32.0. The first kappa shape index (κ1) is 19.1. The zero-order valence-electron chi connectivity index (χ0n) is 15.2. The number of amides is 2. The molecule has 1 aliphatic carbocycles. The predicted octanol–water partition coefficient (Wildman–Crippen LogP) is 2.02. The number of carbonyl (C=O) groups is 1. The van der Waals surface area contributed by atoms with Gasteiger partial charge < -0.3 is 10.1 Å². The second-order valence-electron chi connectivity index (χ2n) is 6.87. The number of fused-ring (bicyclic) bond motifs is 1. The Morgan fingerprint density at radius 3 is 2.77 bits per heavy atom. The molecule has 2 N–H and O–H groups in total. The maximum atomic E-state index is 12.6. The zero-order chi connectivity index (χ0) is 18.6. The van der Waals surface area contributed by atoms with Gasteiger partial charge in [0.1, 0.15) is 0 Å². The van der Waals surface area contributed by atoms with Gasteiger partial charge in [0, 0.05) is 31.9 Å². The Kier molecular flexibility index (Phi) is 6.16. The van der Waals surface area contributed by atoms with Crippen LogP contribution in [0.25, 0.3) is 0 Å². The monoisotopic (exact) mass is 381 g/mol. The van der Waals surface area contributed by atoms with Crippen molar-refractivity contribution < 1.29 is 17.9 Å². The zero-order valence-corrected chi connectivity index (χ0v) is 16.0. The van der Waals surface area contributed by atoms with Gasteiger partial charge in [-0.15, -0.1) is 0 Å². The van der Waals surface area contributed by atoms with Crippen LogP contribution in [0.1, 0.15) is 37.7 Å². The number of nitrogens with one attached hydrogen (secondary N) is 2. The van der Waals surface area contributed by atoms with Crippen molar-refractivity contribution in [1.82, 2.24) is 10.0 Å². The van der Waals surface area contributed by atoms with Crippen molar-refractivity contribution in [1.29, 1.82) is 0 Å². The van der Waals surface area contributed by atoms with Crippen molar-refractivity contribution in [3.05, 3.63) is 23.8 Å². The highest BCUT2D eigenvalue weighted by Crippen LogP contribution is 2.30. The fraction of sp³-hybridized carbons (Fsp3) is 0.611. The van der Waals surface area contributed by atoms with E-state index in [1.165, 1.54) is 26.4 Å². The number of rotatable bonds is 6. The number of anilines is 1. The van der Waals surface area contributed by atoms with Gasteiger partial charge in [-0.25, -0.2) is 17.9 Å². The van der Waals surface area contributed by atoms with Gasteiger partial charge in [-0.1, -0.05) is 19.3 Å². The molecule has 0 aromatic heterocycles. The Morgan fingerprint density at radius 2 is 2.04 bits per heavy atom. The highest BCUT2D eigenvalue weighted by molar-refractivity contribution is 7.89. The second-order valence-corrected chi connectivity index (χ2v) is 8.63. The first-order valence-electron chi connectivity index (χ1n) is 9.21. The predicted molar refractivity (Wildman–Crippen MR) is 100.0 cm³/mol. The van der Waals surface area contributed by atoms with Gasteiger partial charge in [0.2, 0.25) is 10.0 Å². The van der Waals surface area contributed by atoms with Crippen LogP contribution in [0.2, 0.25) is 0 Å². The van der Waals surface area contributed by atoms with Crippen molar-refractivity contribution in [3.8, 4) is 0 Å². The molecule has 26 heavy (non-hydrogen) atoms. The molecule has 2 amide bonds. The van der Waals surface area contributed by atoms with Gasteiger partial charge in [0.15, 0.2) is 0 Å². The summed E-state index contributed by atoms with van der Waals surface area (Å²) in [5.74, 6) is 0. The Bertz CT molecular complexity index is 745. The lowest BCUT2D eigenvalue weighted by molar-refractivity contribution is 0.204. The molecule has 3 rings (SSSR count). The number of carbonyl (C=O) groups excluding carboxylic acids is 1. The molecular weight excluding hydrogens is 354 g/mol. The van der Waals surface area contributed by atoms with Crippen LogP contribution < -0.4 is 14.9 Å². The van der Waals surface area contributed by atoms with Gasteiger partial charge in [-0.2, -0.15) is 0 Å². The molecule has 0 bridgehead atoms. The summed E-state index contributed by atoms with van der Waals surface area (Å²) >= 11 is 0. The molecule has 1 heterocycles. The summed E-state index contributed by atoms with van der Waals surface area (Å²) in [4.78, 5) is 14.5. The van der Waals surface area contributed by atoms with Crippen LogP contribution in [0.3, 0.4) is 0 Å². The lowest BCUT2D eigenvalue weighted by atomic mass is 9.96. The minimum Gasteiger partial charge on any atom is -0.383 e. The van der Waals surface area contributed by atoms with E-state index in [1.54, 1.807) is 23.1 Å².